The minimum absolute atomic E-state index is 0.129. The molecule has 1 amide bonds. The Morgan fingerprint density at radius 2 is 2.39 bits per heavy atom. The van der Waals surface area contributed by atoms with Gasteiger partial charge in [-0.15, -0.1) is 0 Å². The van der Waals surface area contributed by atoms with Crippen molar-refractivity contribution in [2.24, 2.45) is 5.92 Å². The summed E-state index contributed by atoms with van der Waals surface area (Å²) in [5.41, 5.74) is 2.19. The highest BCUT2D eigenvalue weighted by Crippen LogP contribution is 2.18. The zero-order valence-electron chi connectivity index (χ0n) is 11.0. The second kappa shape index (κ2) is 5.87. The number of ether oxygens (including phenoxy) is 1. The molecule has 1 saturated heterocycles. The lowest BCUT2D eigenvalue weighted by Gasteiger charge is -2.11. The lowest BCUT2D eigenvalue weighted by Crippen LogP contribution is -2.31. The van der Waals surface area contributed by atoms with E-state index >= 15 is 0 Å². The lowest BCUT2D eigenvalue weighted by atomic mass is 10.1. The maximum absolute atomic E-state index is 11.9. The minimum atomic E-state index is 0.129. The molecular formula is C14H20N2O2. The first-order chi connectivity index (χ1) is 8.70. The molecule has 2 N–H and O–H groups in total. The molecule has 4 nitrogen and oxygen atoms in total. The van der Waals surface area contributed by atoms with E-state index in [9.17, 15) is 4.79 Å². The van der Waals surface area contributed by atoms with E-state index in [1.807, 2.05) is 25.1 Å². The molecule has 1 aromatic carbocycles. The van der Waals surface area contributed by atoms with Crippen LogP contribution in [0.1, 0.15) is 17.5 Å². The van der Waals surface area contributed by atoms with Gasteiger partial charge in [0.25, 0.3) is 0 Å². The number of amides is 1. The normalized spacial score (nSPS) is 18.7. The van der Waals surface area contributed by atoms with E-state index in [1.54, 1.807) is 7.11 Å². The van der Waals surface area contributed by atoms with E-state index in [1.165, 1.54) is 0 Å². The van der Waals surface area contributed by atoms with Crippen LogP contribution in [0.4, 0.5) is 0 Å². The number of carbonyl (C=O) groups is 1. The number of carbonyl (C=O) groups excluding carboxylic acids is 1. The molecule has 1 aliphatic heterocycles. The topological polar surface area (TPSA) is 50.4 Å². The average Bonchev–Trinajstić information content (AvgIpc) is 2.90. The summed E-state index contributed by atoms with van der Waals surface area (Å²) in [6.45, 7) is 4.33. The summed E-state index contributed by atoms with van der Waals surface area (Å²) >= 11 is 0. The van der Waals surface area contributed by atoms with E-state index in [0.29, 0.717) is 6.54 Å². The first kappa shape index (κ1) is 12.9. The van der Waals surface area contributed by atoms with Gasteiger partial charge in [0, 0.05) is 13.1 Å². The van der Waals surface area contributed by atoms with Crippen LogP contribution < -0.4 is 15.4 Å². The van der Waals surface area contributed by atoms with Gasteiger partial charge in [-0.1, -0.05) is 12.1 Å². The second-order valence-electron chi connectivity index (χ2n) is 4.71. The number of methoxy groups -OCH3 is 1. The maximum atomic E-state index is 11.9. The molecule has 0 bridgehead atoms. The van der Waals surface area contributed by atoms with Crippen molar-refractivity contribution in [3.05, 3.63) is 29.3 Å². The molecule has 18 heavy (non-hydrogen) atoms. The number of aryl methyl sites for hydroxylation is 1. The quantitative estimate of drug-likeness (QED) is 0.842. The van der Waals surface area contributed by atoms with Gasteiger partial charge in [-0.25, -0.2) is 0 Å². The summed E-state index contributed by atoms with van der Waals surface area (Å²) in [6, 6.07) is 5.97. The third-order valence-electron chi connectivity index (χ3n) is 3.36. The Balaban J connectivity index is 1.89. The van der Waals surface area contributed by atoms with Crippen LogP contribution in [0.25, 0.3) is 0 Å². The number of nitrogens with one attached hydrogen (secondary N) is 2. The Bertz CT molecular complexity index is 426. The summed E-state index contributed by atoms with van der Waals surface area (Å²) in [4.78, 5) is 11.9. The van der Waals surface area contributed by atoms with Crippen molar-refractivity contribution in [1.29, 1.82) is 0 Å². The Labute approximate surface area is 108 Å². The van der Waals surface area contributed by atoms with Crippen molar-refractivity contribution in [2.45, 2.75) is 19.9 Å². The van der Waals surface area contributed by atoms with E-state index in [0.717, 1.165) is 36.4 Å². The van der Waals surface area contributed by atoms with Crippen LogP contribution in [0.3, 0.4) is 0 Å². The van der Waals surface area contributed by atoms with Gasteiger partial charge < -0.3 is 15.4 Å². The zero-order valence-corrected chi connectivity index (χ0v) is 11.0. The van der Waals surface area contributed by atoms with E-state index in [2.05, 4.69) is 10.6 Å². The van der Waals surface area contributed by atoms with Crippen molar-refractivity contribution in [3.63, 3.8) is 0 Å². The third-order valence-corrected chi connectivity index (χ3v) is 3.36. The summed E-state index contributed by atoms with van der Waals surface area (Å²) in [7, 11) is 1.66. The van der Waals surface area contributed by atoms with Gasteiger partial charge in [0.2, 0.25) is 5.91 Å². The van der Waals surface area contributed by atoms with Crippen LogP contribution in [0.2, 0.25) is 0 Å². The number of benzene rings is 1. The van der Waals surface area contributed by atoms with Gasteiger partial charge in [0.1, 0.15) is 5.75 Å². The second-order valence-corrected chi connectivity index (χ2v) is 4.71. The molecule has 1 fully saturated rings. The fourth-order valence-electron chi connectivity index (χ4n) is 2.26. The Morgan fingerprint density at radius 1 is 1.56 bits per heavy atom. The van der Waals surface area contributed by atoms with Gasteiger partial charge in [-0.2, -0.15) is 0 Å². The van der Waals surface area contributed by atoms with Crippen molar-refractivity contribution >= 4 is 5.91 Å². The molecule has 0 aromatic heterocycles. The minimum Gasteiger partial charge on any atom is -0.496 e. The van der Waals surface area contributed by atoms with Gasteiger partial charge in [0.15, 0.2) is 0 Å². The van der Waals surface area contributed by atoms with Crippen molar-refractivity contribution < 1.29 is 9.53 Å². The van der Waals surface area contributed by atoms with Crippen LogP contribution in [0.15, 0.2) is 18.2 Å². The summed E-state index contributed by atoms with van der Waals surface area (Å²) in [5.74, 6) is 1.16. The SMILES string of the molecule is COc1ccc(CNC(=O)[C@H]2CCNC2)cc1C. The van der Waals surface area contributed by atoms with Crippen LogP contribution in [0.5, 0.6) is 5.75 Å². The summed E-state index contributed by atoms with van der Waals surface area (Å²) < 4.78 is 5.21. The zero-order chi connectivity index (χ0) is 13.0. The largest absolute Gasteiger partial charge is 0.496 e. The van der Waals surface area contributed by atoms with Gasteiger partial charge in [0.05, 0.1) is 13.0 Å². The molecule has 1 aliphatic rings. The molecule has 0 spiro atoms. The fourth-order valence-corrected chi connectivity index (χ4v) is 2.26. The summed E-state index contributed by atoms with van der Waals surface area (Å²) in [5, 5.41) is 6.18. The van der Waals surface area contributed by atoms with Crippen LogP contribution >= 0.6 is 0 Å². The van der Waals surface area contributed by atoms with Gasteiger partial charge >= 0.3 is 0 Å². The molecule has 0 radical (unpaired) electrons. The Hall–Kier alpha value is -1.55. The monoisotopic (exact) mass is 248 g/mol. The maximum Gasteiger partial charge on any atom is 0.224 e. The van der Waals surface area contributed by atoms with Crippen molar-refractivity contribution in [1.82, 2.24) is 10.6 Å². The van der Waals surface area contributed by atoms with Gasteiger partial charge in [-0.3, -0.25) is 4.79 Å². The molecule has 98 valence electrons. The highest BCUT2D eigenvalue weighted by Gasteiger charge is 2.21. The first-order valence-electron chi connectivity index (χ1n) is 6.32. The number of hydrogen-bond acceptors (Lipinski definition) is 3. The molecule has 1 heterocycles. The van der Waals surface area contributed by atoms with Crippen LogP contribution in [-0.2, 0) is 11.3 Å². The van der Waals surface area contributed by atoms with E-state index in [-0.39, 0.29) is 11.8 Å². The molecule has 0 unspecified atom stereocenters. The highest BCUT2D eigenvalue weighted by atomic mass is 16.5. The summed E-state index contributed by atoms with van der Waals surface area (Å²) in [6.07, 6.45) is 0.938. The predicted octanol–water partition coefficient (Wildman–Crippen LogP) is 1.23. The molecule has 1 atom stereocenters. The smallest absolute Gasteiger partial charge is 0.224 e. The van der Waals surface area contributed by atoms with Crippen molar-refractivity contribution in [2.75, 3.05) is 20.2 Å². The lowest BCUT2D eigenvalue weighted by molar-refractivity contribution is -0.124. The molecule has 4 heteroatoms. The fraction of sp³-hybridized carbons (Fsp3) is 0.500. The van der Waals surface area contributed by atoms with E-state index < -0.39 is 0 Å². The molecule has 0 aliphatic carbocycles. The number of hydrogen-bond donors (Lipinski definition) is 2. The van der Waals surface area contributed by atoms with E-state index in [4.69, 9.17) is 4.74 Å². The average molecular weight is 248 g/mol. The molecular weight excluding hydrogens is 228 g/mol. The Morgan fingerprint density at radius 3 is 3.00 bits per heavy atom. The molecule has 0 saturated carbocycles. The third kappa shape index (κ3) is 3.01. The van der Waals surface area contributed by atoms with Gasteiger partial charge in [-0.05, 0) is 37.1 Å². The highest BCUT2D eigenvalue weighted by molar-refractivity contribution is 5.79. The standard InChI is InChI=1S/C14H20N2O2/c1-10-7-11(3-4-13(10)18-2)8-16-14(17)12-5-6-15-9-12/h3-4,7,12,15H,5-6,8-9H2,1-2H3,(H,16,17)/t12-/m0/s1. The molecule has 2 rings (SSSR count). The number of rotatable bonds is 4. The first-order valence-corrected chi connectivity index (χ1v) is 6.32. The Kier molecular flexibility index (Phi) is 4.20. The van der Waals surface area contributed by atoms with Crippen LogP contribution in [-0.4, -0.2) is 26.1 Å². The molecule has 1 aromatic rings. The van der Waals surface area contributed by atoms with Crippen molar-refractivity contribution in [3.8, 4) is 5.75 Å². The van der Waals surface area contributed by atoms with Crippen LogP contribution in [0, 0.1) is 12.8 Å². The predicted molar refractivity (Wildman–Crippen MR) is 70.6 cm³/mol.